The molecule has 21 heavy (non-hydrogen) atoms. The van der Waals surface area contributed by atoms with Gasteiger partial charge in [-0.2, -0.15) is 0 Å². The molecule has 1 aromatic carbocycles. The molecule has 0 spiro atoms. The van der Waals surface area contributed by atoms with Crippen molar-refractivity contribution in [3.8, 4) is 5.75 Å². The number of carbonyl (C=O) groups excluding carboxylic acids is 2. The van der Waals surface area contributed by atoms with Gasteiger partial charge in [0.2, 0.25) is 0 Å². The number of halogens is 2. The van der Waals surface area contributed by atoms with Crippen LogP contribution in [-0.2, 0) is 9.59 Å². The summed E-state index contributed by atoms with van der Waals surface area (Å²) in [4.78, 5) is 23.5. The Morgan fingerprint density at radius 3 is 2.19 bits per heavy atom. The van der Waals surface area contributed by atoms with Crippen LogP contribution >= 0.6 is 23.2 Å². The van der Waals surface area contributed by atoms with Gasteiger partial charge in [0, 0.05) is 12.2 Å². The molecule has 0 heterocycles. The fraction of sp³-hybridized carbons (Fsp3) is 0.286. The highest BCUT2D eigenvalue weighted by Crippen LogP contribution is 2.19. The Hall–Kier alpha value is -1.72. The van der Waals surface area contributed by atoms with Crippen LogP contribution in [0.3, 0.4) is 0 Å². The largest absolute Gasteiger partial charge is 0.497 e. The van der Waals surface area contributed by atoms with Gasteiger partial charge in [-0.05, 0) is 30.7 Å². The number of anilines is 1. The van der Waals surface area contributed by atoms with E-state index in [0.29, 0.717) is 18.0 Å². The van der Waals surface area contributed by atoms with Crippen molar-refractivity contribution in [1.29, 1.82) is 0 Å². The van der Waals surface area contributed by atoms with Gasteiger partial charge in [-0.15, -0.1) is 0 Å². The van der Waals surface area contributed by atoms with Crippen molar-refractivity contribution in [2.45, 2.75) is 13.3 Å². The van der Waals surface area contributed by atoms with Crippen molar-refractivity contribution in [2.24, 2.45) is 0 Å². The molecule has 0 radical (unpaired) electrons. The molecule has 0 aromatic heterocycles. The standard InChI is InChI=1S/C14H16Cl2N2O3/c1-3-8-17-13(19)11(15)12(16)14(20)18-9-4-6-10(21-2)7-5-9/h4-7H,3,8H2,1-2H3,(H,17,19)(H,18,20)/b12-11-. The average molecular weight is 331 g/mol. The molecule has 0 fully saturated rings. The minimum atomic E-state index is -0.654. The maximum absolute atomic E-state index is 11.9. The second-order valence-corrected chi connectivity index (χ2v) is 4.82. The Bertz CT molecular complexity index is 542. The highest BCUT2D eigenvalue weighted by Gasteiger charge is 2.17. The third-order valence-corrected chi connectivity index (χ3v) is 3.29. The topological polar surface area (TPSA) is 67.4 Å². The van der Waals surface area contributed by atoms with E-state index in [1.165, 1.54) is 0 Å². The summed E-state index contributed by atoms with van der Waals surface area (Å²) in [5.74, 6) is -0.571. The maximum Gasteiger partial charge on any atom is 0.268 e. The van der Waals surface area contributed by atoms with Gasteiger partial charge in [0.05, 0.1) is 7.11 Å². The van der Waals surface area contributed by atoms with E-state index in [9.17, 15) is 9.59 Å². The van der Waals surface area contributed by atoms with E-state index in [-0.39, 0.29) is 10.1 Å². The van der Waals surface area contributed by atoms with E-state index in [1.807, 2.05) is 6.92 Å². The van der Waals surface area contributed by atoms with E-state index in [1.54, 1.807) is 31.4 Å². The molecule has 1 rings (SSSR count). The first-order valence-corrected chi connectivity index (χ1v) is 7.04. The second kappa shape index (κ2) is 8.54. The fourth-order valence-corrected chi connectivity index (χ4v) is 1.66. The molecule has 0 saturated carbocycles. The first-order chi connectivity index (χ1) is 9.99. The van der Waals surface area contributed by atoms with Gasteiger partial charge in [0.25, 0.3) is 11.8 Å². The lowest BCUT2D eigenvalue weighted by atomic mass is 10.3. The Labute approximate surface area is 133 Å². The number of amides is 2. The van der Waals surface area contributed by atoms with E-state index < -0.39 is 11.8 Å². The Morgan fingerprint density at radius 2 is 1.67 bits per heavy atom. The summed E-state index contributed by atoms with van der Waals surface area (Å²) in [5, 5.41) is 4.38. The van der Waals surface area contributed by atoms with Crippen LogP contribution in [0.15, 0.2) is 34.3 Å². The molecule has 0 aliphatic carbocycles. The third-order valence-electron chi connectivity index (χ3n) is 2.47. The Balaban J connectivity index is 2.74. The summed E-state index contributed by atoms with van der Waals surface area (Å²) in [5.41, 5.74) is 0.511. The van der Waals surface area contributed by atoms with Gasteiger partial charge >= 0.3 is 0 Å². The molecule has 0 aliphatic heterocycles. The molecule has 0 saturated heterocycles. The minimum Gasteiger partial charge on any atom is -0.497 e. The summed E-state index contributed by atoms with van der Waals surface area (Å²) >= 11 is 11.6. The van der Waals surface area contributed by atoms with Gasteiger partial charge in [-0.1, -0.05) is 30.1 Å². The van der Waals surface area contributed by atoms with E-state index in [2.05, 4.69) is 10.6 Å². The lowest BCUT2D eigenvalue weighted by Crippen LogP contribution is -2.26. The first kappa shape index (κ1) is 17.3. The maximum atomic E-state index is 11.9. The molecular formula is C14H16Cl2N2O3. The zero-order valence-corrected chi connectivity index (χ0v) is 13.2. The normalized spacial score (nSPS) is 11.4. The molecule has 114 valence electrons. The van der Waals surface area contributed by atoms with Gasteiger partial charge in [0.1, 0.15) is 15.8 Å². The number of ether oxygens (including phenoxy) is 1. The molecule has 0 unspecified atom stereocenters. The van der Waals surface area contributed by atoms with Crippen molar-refractivity contribution < 1.29 is 14.3 Å². The number of methoxy groups -OCH3 is 1. The summed E-state index contributed by atoms with van der Waals surface area (Å²) in [6.07, 6.45) is 0.756. The number of hydrogen-bond donors (Lipinski definition) is 2. The van der Waals surface area contributed by atoms with Crippen LogP contribution in [-0.4, -0.2) is 25.5 Å². The number of nitrogens with one attached hydrogen (secondary N) is 2. The third kappa shape index (κ3) is 5.28. The number of rotatable bonds is 6. The van der Waals surface area contributed by atoms with Crippen LogP contribution in [0.5, 0.6) is 5.75 Å². The van der Waals surface area contributed by atoms with Crippen molar-refractivity contribution in [1.82, 2.24) is 5.32 Å². The molecule has 0 bridgehead atoms. The van der Waals surface area contributed by atoms with E-state index in [4.69, 9.17) is 27.9 Å². The first-order valence-electron chi connectivity index (χ1n) is 6.28. The smallest absolute Gasteiger partial charge is 0.268 e. The zero-order chi connectivity index (χ0) is 15.8. The average Bonchev–Trinajstić information content (AvgIpc) is 2.51. The van der Waals surface area contributed by atoms with Crippen molar-refractivity contribution >= 4 is 40.7 Å². The van der Waals surface area contributed by atoms with Gasteiger partial charge < -0.3 is 15.4 Å². The quantitative estimate of drug-likeness (QED) is 0.788. The molecular weight excluding hydrogens is 315 g/mol. The van der Waals surface area contributed by atoms with Crippen LogP contribution < -0.4 is 15.4 Å². The summed E-state index contributed by atoms with van der Waals surface area (Å²) in [6.45, 7) is 2.36. The Morgan fingerprint density at radius 1 is 1.10 bits per heavy atom. The van der Waals surface area contributed by atoms with Crippen LogP contribution in [0.1, 0.15) is 13.3 Å². The number of carbonyl (C=O) groups is 2. The highest BCUT2D eigenvalue weighted by molar-refractivity contribution is 6.54. The van der Waals surface area contributed by atoms with Gasteiger partial charge in [-0.25, -0.2) is 0 Å². The van der Waals surface area contributed by atoms with Crippen molar-refractivity contribution in [2.75, 3.05) is 19.0 Å². The minimum absolute atomic E-state index is 0.337. The van der Waals surface area contributed by atoms with Crippen molar-refractivity contribution in [3.63, 3.8) is 0 Å². The second-order valence-electron chi connectivity index (χ2n) is 4.07. The molecule has 0 aliphatic rings. The fourth-order valence-electron chi connectivity index (χ4n) is 1.38. The summed E-state index contributed by atoms with van der Waals surface area (Å²) in [7, 11) is 1.54. The van der Waals surface area contributed by atoms with Crippen LogP contribution in [0.2, 0.25) is 0 Å². The van der Waals surface area contributed by atoms with Crippen LogP contribution in [0.4, 0.5) is 5.69 Å². The SMILES string of the molecule is CCCNC(=O)/C(Cl)=C(/Cl)C(=O)Nc1ccc(OC)cc1. The van der Waals surface area contributed by atoms with Crippen molar-refractivity contribution in [3.05, 3.63) is 34.3 Å². The molecule has 5 nitrogen and oxygen atoms in total. The summed E-state index contributed by atoms with van der Waals surface area (Å²) in [6, 6.07) is 6.66. The van der Waals surface area contributed by atoms with E-state index in [0.717, 1.165) is 6.42 Å². The van der Waals surface area contributed by atoms with Gasteiger partial charge in [-0.3, -0.25) is 9.59 Å². The Kier molecular flexibility index (Phi) is 7.05. The molecule has 0 atom stereocenters. The molecule has 2 N–H and O–H groups in total. The zero-order valence-electron chi connectivity index (χ0n) is 11.7. The predicted octanol–water partition coefficient (Wildman–Crippen LogP) is 2.85. The van der Waals surface area contributed by atoms with Crippen LogP contribution in [0.25, 0.3) is 0 Å². The monoisotopic (exact) mass is 330 g/mol. The summed E-state index contributed by atoms with van der Waals surface area (Å²) < 4.78 is 5.01. The van der Waals surface area contributed by atoms with Gasteiger partial charge in [0.15, 0.2) is 0 Å². The van der Waals surface area contributed by atoms with Crippen LogP contribution in [0, 0.1) is 0 Å². The lowest BCUT2D eigenvalue weighted by Gasteiger charge is -2.07. The molecule has 2 amide bonds. The number of benzene rings is 1. The highest BCUT2D eigenvalue weighted by atomic mass is 35.5. The molecule has 1 aromatic rings. The molecule has 7 heteroatoms. The predicted molar refractivity (Wildman–Crippen MR) is 83.7 cm³/mol. The van der Waals surface area contributed by atoms with E-state index >= 15 is 0 Å². The number of hydrogen-bond acceptors (Lipinski definition) is 3. The lowest BCUT2D eigenvalue weighted by molar-refractivity contribution is -0.117.